The minimum atomic E-state index is -0.763. The largest absolute Gasteiger partial charge is 0.481 e. The normalized spacial score (nSPS) is 12.6. The van der Waals surface area contributed by atoms with E-state index in [4.69, 9.17) is 9.84 Å². The summed E-state index contributed by atoms with van der Waals surface area (Å²) in [6.45, 7) is 3.08. The highest BCUT2D eigenvalue weighted by molar-refractivity contribution is 5.66. The maximum absolute atomic E-state index is 10.2. The molecule has 0 saturated carbocycles. The molecule has 2 N–H and O–H groups in total. The van der Waals surface area contributed by atoms with Crippen molar-refractivity contribution in [3.63, 3.8) is 0 Å². The van der Waals surface area contributed by atoms with Crippen molar-refractivity contribution in [2.45, 2.75) is 64.4 Å². The topological polar surface area (TPSA) is 66.8 Å². The number of aliphatic carboxylic acids is 1. The third kappa shape index (κ3) is 13.3. The SMILES string of the molecule is CCCCCCC(O)COCCCCC(=O)O. The zero-order valence-corrected chi connectivity index (χ0v) is 10.9. The van der Waals surface area contributed by atoms with Crippen molar-refractivity contribution >= 4 is 5.97 Å². The number of aliphatic hydroxyl groups excluding tert-OH is 1. The van der Waals surface area contributed by atoms with Gasteiger partial charge in [0.05, 0.1) is 12.7 Å². The van der Waals surface area contributed by atoms with Crippen LogP contribution in [0.25, 0.3) is 0 Å². The van der Waals surface area contributed by atoms with E-state index in [0.29, 0.717) is 19.6 Å². The molecule has 4 nitrogen and oxygen atoms in total. The molecule has 102 valence electrons. The Hall–Kier alpha value is -0.610. The second-order valence-corrected chi connectivity index (χ2v) is 4.43. The molecule has 0 saturated heterocycles. The minimum absolute atomic E-state index is 0.197. The van der Waals surface area contributed by atoms with Crippen molar-refractivity contribution in [3.05, 3.63) is 0 Å². The number of unbranched alkanes of at least 4 members (excludes halogenated alkanes) is 4. The van der Waals surface area contributed by atoms with Crippen LogP contribution in [0.15, 0.2) is 0 Å². The highest BCUT2D eigenvalue weighted by atomic mass is 16.5. The van der Waals surface area contributed by atoms with Crippen LogP contribution in [0.3, 0.4) is 0 Å². The van der Waals surface area contributed by atoms with E-state index in [0.717, 1.165) is 19.3 Å². The number of carboxylic acids is 1. The van der Waals surface area contributed by atoms with Gasteiger partial charge in [-0.25, -0.2) is 0 Å². The van der Waals surface area contributed by atoms with Crippen molar-refractivity contribution in [2.75, 3.05) is 13.2 Å². The monoisotopic (exact) mass is 246 g/mol. The standard InChI is InChI=1S/C13H26O4/c1-2-3-4-5-8-12(14)11-17-10-7-6-9-13(15)16/h12,14H,2-11H2,1H3,(H,15,16). The summed E-state index contributed by atoms with van der Waals surface area (Å²) in [5, 5.41) is 18.0. The van der Waals surface area contributed by atoms with Gasteiger partial charge < -0.3 is 14.9 Å². The summed E-state index contributed by atoms with van der Waals surface area (Å²) in [6, 6.07) is 0. The van der Waals surface area contributed by atoms with Crippen molar-refractivity contribution in [3.8, 4) is 0 Å². The Labute approximate surface area is 104 Å². The molecule has 0 radical (unpaired) electrons. The molecule has 17 heavy (non-hydrogen) atoms. The van der Waals surface area contributed by atoms with E-state index >= 15 is 0 Å². The molecule has 0 aromatic heterocycles. The van der Waals surface area contributed by atoms with Gasteiger partial charge in [-0.2, -0.15) is 0 Å². The Morgan fingerprint density at radius 1 is 1.18 bits per heavy atom. The van der Waals surface area contributed by atoms with E-state index in [9.17, 15) is 9.90 Å². The van der Waals surface area contributed by atoms with Crippen molar-refractivity contribution in [1.29, 1.82) is 0 Å². The molecule has 0 rings (SSSR count). The van der Waals surface area contributed by atoms with Gasteiger partial charge in [0.15, 0.2) is 0 Å². The maximum Gasteiger partial charge on any atom is 0.303 e. The summed E-state index contributed by atoms with van der Waals surface area (Å²) in [5.74, 6) is -0.763. The fraction of sp³-hybridized carbons (Fsp3) is 0.923. The van der Waals surface area contributed by atoms with E-state index in [2.05, 4.69) is 6.92 Å². The molecular weight excluding hydrogens is 220 g/mol. The van der Waals surface area contributed by atoms with Crippen molar-refractivity contribution < 1.29 is 19.7 Å². The number of carbonyl (C=O) groups is 1. The minimum Gasteiger partial charge on any atom is -0.481 e. The van der Waals surface area contributed by atoms with Crippen LogP contribution in [-0.2, 0) is 9.53 Å². The average Bonchev–Trinajstić information content (AvgIpc) is 2.29. The molecule has 0 bridgehead atoms. The molecule has 0 fully saturated rings. The highest BCUT2D eigenvalue weighted by Crippen LogP contribution is 2.06. The molecule has 0 aliphatic carbocycles. The van der Waals surface area contributed by atoms with E-state index in [1.165, 1.54) is 19.3 Å². The number of hydrogen-bond acceptors (Lipinski definition) is 3. The molecule has 0 spiro atoms. The first-order chi connectivity index (χ1) is 8.16. The number of carboxylic acid groups (broad SMARTS) is 1. The van der Waals surface area contributed by atoms with Crippen LogP contribution in [0.5, 0.6) is 0 Å². The van der Waals surface area contributed by atoms with Gasteiger partial charge in [0.2, 0.25) is 0 Å². The third-order valence-electron chi connectivity index (χ3n) is 2.63. The van der Waals surface area contributed by atoms with Crippen LogP contribution >= 0.6 is 0 Å². The van der Waals surface area contributed by atoms with Crippen molar-refractivity contribution in [1.82, 2.24) is 0 Å². The van der Waals surface area contributed by atoms with Gasteiger partial charge in [-0.05, 0) is 19.3 Å². The molecule has 4 heteroatoms. The summed E-state index contributed by atoms with van der Waals surface area (Å²) in [4.78, 5) is 10.2. The summed E-state index contributed by atoms with van der Waals surface area (Å²) < 4.78 is 5.29. The van der Waals surface area contributed by atoms with Crippen LogP contribution in [0, 0.1) is 0 Å². The average molecular weight is 246 g/mol. The molecule has 0 heterocycles. The summed E-state index contributed by atoms with van der Waals surface area (Å²) >= 11 is 0. The zero-order valence-electron chi connectivity index (χ0n) is 10.9. The molecule has 1 unspecified atom stereocenters. The lowest BCUT2D eigenvalue weighted by atomic mass is 10.1. The van der Waals surface area contributed by atoms with Gasteiger partial charge in [0.25, 0.3) is 0 Å². The summed E-state index contributed by atoms with van der Waals surface area (Å²) in [7, 11) is 0. The summed E-state index contributed by atoms with van der Waals surface area (Å²) in [6.07, 6.45) is 6.67. The molecular formula is C13H26O4. The Bertz CT molecular complexity index is 182. The van der Waals surface area contributed by atoms with Gasteiger partial charge >= 0.3 is 5.97 Å². The number of hydrogen-bond donors (Lipinski definition) is 2. The first-order valence-electron chi connectivity index (χ1n) is 6.64. The fourth-order valence-corrected chi connectivity index (χ4v) is 1.59. The molecule has 1 atom stereocenters. The van der Waals surface area contributed by atoms with Crippen LogP contribution in [0.1, 0.15) is 58.3 Å². The van der Waals surface area contributed by atoms with E-state index < -0.39 is 5.97 Å². The second kappa shape index (κ2) is 11.9. The Morgan fingerprint density at radius 2 is 1.94 bits per heavy atom. The van der Waals surface area contributed by atoms with Gasteiger partial charge in [0.1, 0.15) is 0 Å². The highest BCUT2D eigenvalue weighted by Gasteiger charge is 2.04. The Kier molecular flexibility index (Phi) is 11.4. The van der Waals surface area contributed by atoms with Gasteiger partial charge in [-0.3, -0.25) is 4.79 Å². The first kappa shape index (κ1) is 16.4. The number of aliphatic hydroxyl groups is 1. The predicted octanol–water partition coefficient (Wildman–Crippen LogP) is 2.59. The fourth-order valence-electron chi connectivity index (χ4n) is 1.59. The third-order valence-corrected chi connectivity index (χ3v) is 2.63. The maximum atomic E-state index is 10.2. The smallest absolute Gasteiger partial charge is 0.303 e. The lowest BCUT2D eigenvalue weighted by molar-refractivity contribution is -0.137. The number of ether oxygens (including phenoxy) is 1. The van der Waals surface area contributed by atoms with Gasteiger partial charge in [-0.15, -0.1) is 0 Å². The molecule has 0 aliphatic rings. The summed E-state index contributed by atoms with van der Waals surface area (Å²) in [5.41, 5.74) is 0. The lowest BCUT2D eigenvalue weighted by Crippen LogP contribution is -2.15. The van der Waals surface area contributed by atoms with Gasteiger partial charge in [0, 0.05) is 13.0 Å². The van der Waals surface area contributed by atoms with Crippen LogP contribution in [0.4, 0.5) is 0 Å². The Morgan fingerprint density at radius 3 is 2.59 bits per heavy atom. The Balaban J connectivity index is 3.16. The van der Waals surface area contributed by atoms with E-state index in [1.54, 1.807) is 0 Å². The van der Waals surface area contributed by atoms with E-state index in [1.807, 2.05) is 0 Å². The van der Waals surface area contributed by atoms with Crippen molar-refractivity contribution in [2.24, 2.45) is 0 Å². The quantitative estimate of drug-likeness (QED) is 0.519. The van der Waals surface area contributed by atoms with Crippen LogP contribution in [0.2, 0.25) is 0 Å². The van der Waals surface area contributed by atoms with E-state index in [-0.39, 0.29) is 12.5 Å². The molecule has 0 aromatic carbocycles. The van der Waals surface area contributed by atoms with Gasteiger partial charge in [-0.1, -0.05) is 32.6 Å². The number of rotatable bonds is 12. The molecule has 0 aromatic rings. The van der Waals surface area contributed by atoms with Crippen LogP contribution in [-0.4, -0.2) is 35.5 Å². The molecule has 0 amide bonds. The molecule has 0 aliphatic heterocycles. The van der Waals surface area contributed by atoms with Crippen LogP contribution < -0.4 is 0 Å². The lowest BCUT2D eigenvalue weighted by Gasteiger charge is -2.10. The second-order valence-electron chi connectivity index (χ2n) is 4.43. The first-order valence-corrected chi connectivity index (χ1v) is 6.64. The zero-order chi connectivity index (χ0) is 12.9. The predicted molar refractivity (Wildman–Crippen MR) is 67.1 cm³/mol.